The summed E-state index contributed by atoms with van der Waals surface area (Å²) in [5.41, 5.74) is 0. The van der Waals surface area contributed by atoms with Gasteiger partial charge in [0.1, 0.15) is 12.2 Å². The maximum absolute atomic E-state index is 8.67. The molecule has 0 aromatic rings. The number of hydrogen-bond acceptors (Lipinski definition) is 4. The lowest BCUT2D eigenvalue weighted by Crippen LogP contribution is -2.29. The van der Waals surface area contributed by atoms with Crippen molar-refractivity contribution in [2.24, 2.45) is 0 Å². The topological polar surface area (TPSA) is 58.9 Å². The summed E-state index contributed by atoms with van der Waals surface area (Å²) in [7, 11) is 0. The fourth-order valence-electron chi connectivity index (χ4n) is 1.02. The molecule has 1 unspecified atom stereocenters. The number of aliphatic hydroxyl groups is 2. The fourth-order valence-corrected chi connectivity index (χ4v) is 1.02. The molecule has 0 saturated carbocycles. The molecule has 1 heterocycles. The Morgan fingerprint density at radius 3 is 1.80 bits per heavy atom. The van der Waals surface area contributed by atoms with Crippen LogP contribution in [0.4, 0.5) is 0 Å². The lowest BCUT2D eigenvalue weighted by molar-refractivity contribution is -0.0597. The molecule has 0 aromatic heterocycles. The van der Waals surface area contributed by atoms with Gasteiger partial charge in [-0.2, -0.15) is 0 Å². The van der Waals surface area contributed by atoms with E-state index in [4.69, 9.17) is 19.7 Å². The van der Waals surface area contributed by atoms with E-state index in [1.54, 1.807) is 6.92 Å². The molecule has 1 fully saturated rings. The van der Waals surface area contributed by atoms with E-state index >= 15 is 0 Å². The van der Waals surface area contributed by atoms with Crippen molar-refractivity contribution in [3.63, 3.8) is 0 Å². The highest BCUT2D eigenvalue weighted by Crippen LogP contribution is 2.17. The second-order valence-corrected chi connectivity index (χ2v) is 2.28. The lowest BCUT2D eigenvalue weighted by atomic mass is 10.2. The van der Waals surface area contributed by atoms with Crippen LogP contribution in [0, 0.1) is 0 Å². The van der Waals surface area contributed by atoms with Crippen LogP contribution in [0.5, 0.6) is 0 Å². The lowest BCUT2D eigenvalue weighted by Gasteiger charge is -2.09. The van der Waals surface area contributed by atoms with Crippen molar-refractivity contribution in [3.8, 4) is 0 Å². The van der Waals surface area contributed by atoms with E-state index in [-0.39, 0.29) is 31.7 Å². The monoisotopic (exact) mass is 148 g/mol. The van der Waals surface area contributed by atoms with E-state index in [2.05, 4.69) is 0 Å². The molecule has 0 aliphatic carbocycles. The van der Waals surface area contributed by atoms with Crippen LogP contribution in [-0.2, 0) is 9.47 Å². The SMILES string of the molecule is CC1O[C@@H](CO)[C@@H](CO)O1. The minimum atomic E-state index is -0.361. The van der Waals surface area contributed by atoms with Gasteiger partial charge in [0.2, 0.25) is 0 Å². The van der Waals surface area contributed by atoms with Gasteiger partial charge in [-0.25, -0.2) is 0 Å². The molecule has 1 aliphatic heterocycles. The molecular weight excluding hydrogens is 136 g/mol. The molecule has 0 bridgehead atoms. The molecule has 2 N–H and O–H groups in total. The summed E-state index contributed by atoms with van der Waals surface area (Å²) in [6.45, 7) is 1.53. The summed E-state index contributed by atoms with van der Waals surface area (Å²) in [6, 6.07) is 0. The highest BCUT2D eigenvalue weighted by atomic mass is 16.7. The Balaban J connectivity index is 2.41. The molecule has 4 nitrogen and oxygen atoms in total. The Bertz CT molecular complexity index is 93.9. The van der Waals surface area contributed by atoms with Gasteiger partial charge in [0.05, 0.1) is 13.2 Å². The van der Waals surface area contributed by atoms with Gasteiger partial charge >= 0.3 is 0 Å². The quantitative estimate of drug-likeness (QED) is 0.533. The van der Waals surface area contributed by atoms with E-state index in [1.807, 2.05) is 0 Å². The molecule has 4 heteroatoms. The average Bonchev–Trinajstić information content (AvgIpc) is 2.30. The van der Waals surface area contributed by atoms with Gasteiger partial charge in [-0.3, -0.25) is 0 Å². The van der Waals surface area contributed by atoms with Crippen molar-refractivity contribution in [2.45, 2.75) is 25.4 Å². The molecular formula is C6H12O4. The summed E-state index contributed by atoms with van der Waals surface area (Å²) in [4.78, 5) is 0. The van der Waals surface area contributed by atoms with Crippen LogP contribution >= 0.6 is 0 Å². The van der Waals surface area contributed by atoms with Crippen molar-refractivity contribution in [2.75, 3.05) is 13.2 Å². The number of ether oxygens (including phenoxy) is 2. The van der Waals surface area contributed by atoms with Crippen molar-refractivity contribution in [1.29, 1.82) is 0 Å². The zero-order chi connectivity index (χ0) is 7.56. The summed E-state index contributed by atoms with van der Waals surface area (Å²) >= 11 is 0. The van der Waals surface area contributed by atoms with E-state index in [1.165, 1.54) is 0 Å². The first-order chi connectivity index (χ1) is 4.77. The standard InChI is InChI=1S/C6H12O4/c1-4-9-5(2-7)6(3-8)10-4/h4-8H,2-3H2,1H3/t4?,5-,6+. The maximum Gasteiger partial charge on any atom is 0.156 e. The first kappa shape index (κ1) is 7.94. The predicted molar refractivity (Wildman–Crippen MR) is 33.4 cm³/mol. The normalized spacial score (nSPS) is 40.5. The van der Waals surface area contributed by atoms with Crippen molar-refractivity contribution >= 4 is 0 Å². The van der Waals surface area contributed by atoms with Crippen LogP contribution in [0.2, 0.25) is 0 Å². The Morgan fingerprint density at radius 1 is 1.10 bits per heavy atom. The molecule has 10 heavy (non-hydrogen) atoms. The number of aliphatic hydroxyl groups excluding tert-OH is 2. The Morgan fingerprint density at radius 2 is 1.50 bits per heavy atom. The van der Waals surface area contributed by atoms with Crippen molar-refractivity contribution < 1.29 is 19.7 Å². The summed E-state index contributed by atoms with van der Waals surface area (Å²) < 4.78 is 10.2. The molecule has 1 aliphatic rings. The second kappa shape index (κ2) is 3.30. The third-order valence-corrected chi connectivity index (χ3v) is 1.51. The van der Waals surface area contributed by atoms with Gasteiger partial charge in [-0.05, 0) is 6.92 Å². The van der Waals surface area contributed by atoms with Crippen LogP contribution in [0.25, 0.3) is 0 Å². The first-order valence-corrected chi connectivity index (χ1v) is 3.30. The van der Waals surface area contributed by atoms with Crippen LogP contribution in [0.1, 0.15) is 6.92 Å². The third kappa shape index (κ3) is 1.46. The minimum absolute atomic E-state index is 0.102. The largest absolute Gasteiger partial charge is 0.394 e. The summed E-state index contributed by atoms with van der Waals surface area (Å²) in [5.74, 6) is 0. The number of rotatable bonds is 2. The molecule has 3 atom stereocenters. The van der Waals surface area contributed by atoms with Gasteiger partial charge in [-0.15, -0.1) is 0 Å². The molecule has 0 spiro atoms. The Hall–Kier alpha value is -0.160. The molecule has 1 saturated heterocycles. The molecule has 0 amide bonds. The van der Waals surface area contributed by atoms with E-state index < -0.39 is 0 Å². The fraction of sp³-hybridized carbons (Fsp3) is 1.00. The highest BCUT2D eigenvalue weighted by molar-refractivity contribution is 4.74. The second-order valence-electron chi connectivity index (χ2n) is 2.28. The zero-order valence-electron chi connectivity index (χ0n) is 5.86. The van der Waals surface area contributed by atoms with E-state index in [0.29, 0.717) is 0 Å². The van der Waals surface area contributed by atoms with Crippen LogP contribution in [0.3, 0.4) is 0 Å². The van der Waals surface area contributed by atoms with Gasteiger partial charge < -0.3 is 19.7 Å². The summed E-state index contributed by atoms with van der Waals surface area (Å²) in [6.07, 6.45) is -1.03. The first-order valence-electron chi connectivity index (χ1n) is 3.30. The van der Waals surface area contributed by atoms with Crippen molar-refractivity contribution in [1.82, 2.24) is 0 Å². The highest BCUT2D eigenvalue weighted by Gasteiger charge is 2.32. The van der Waals surface area contributed by atoms with E-state index in [0.717, 1.165) is 0 Å². The van der Waals surface area contributed by atoms with Gasteiger partial charge in [-0.1, -0.05) is 0 Å². The number of hydrogen-bond donors (Lipinski definition) is 2. The summed E-state index contributed by atoms with van der Waals surface area (Å²) in [5, 5.41) is 17.3. The van der Waals surface area contributed by atoms with Gasteiger partial charge in [0.15, 0.2) is 6.29 Å². The smallest absolute Gasteiger partial charge is 0.156 e. The molecule has 60 valence electrons. The average molecular weight is 148 g/mol. The van der Waals surface area contributed by atoms with Crippen LogP contribution in [0.15, 0.2) is 0 Å². The van der Waals surface area contributed by atoms with E-state index in [9.17, 15) is 0 Å². The molecule has 0 aromatic carbocycles. The molecule has 0 radical (unpaired) electrons. The Labute approximate surface area is 59.4 Å². The van der Waals surface area contributed by atoms with Crippen LogP contribution in [-0.4, -0.2) is 41.9 Å². The van der Waals surface area contributed by atoms with Gasteiger partial charge in [0.25, 0.3) is 0 Å². The van der Waals surface area contributed by atoms with Crippen molar-refractivity contribution in [3.05, 3.63) is 0 Å². The Kier molecular flexibility index (Phi) is 2.62. The predicted octanol–water partition coefficient (Wildman–Crippen LogP) is -0.899. The minimum Gasteiger partial charge on any atom is -0.394 e. The third-order valence-electron chi connectivity index (χ3n) is 1.51. The molecule has 1 rings (SSSR count). The van der Waals surface area contributed by atoms with Crippen LogP contribution < -0.4 is 0 Å². The van der Waals surface area contributed by atoms with Gasteiger partial charge in [0, 0.05) is 0 Å². The zero-order valence-corrected chi connectivity index (χ0v) is 5.86. The maximum atomic E-state index is 8.67.